The number of carbonyl (C=O) groups is 1. The highest BCUT2D eigenvalue weighted by atomic mass is 16.5. The second-order valence-corrected chi connectivity index (χ2v) is 5.94. The van der Waals surface area contributed by atoms with Gasteiger partial charge in [-0.2, -0.15) is 0 Å². The number of nitrogens with zero attached hydrogens (tertiary/aromatic N) is 2. The van der Waals surface area contributed by atoms with Crippen molar-refractivity contribution in [3.63, 3.8) is 0 Å². The van der Waals surface area contributed by atoms with Crippen LogP contribution < -0.4 is 10.3 Å². The van der Waals surface area contributed by atoms with Crippen molar-refractivity contribution in [1.29, 1.82) is 0 Å². The fourth-order valence-corrected chi connectivity index (χ4v) is 3.10. The fraction of sp³-hybridized carbons (Fsp3) is 0.238. The van der Waals surface area contributed by atoms with Crippen molar-refractivity contribution in [3.05, 3.63) is 70.6 Å². The van der Waals surface area contributed by atoms with Crippen LogP contribution in [0.4, 0.5) is 0 Å². The van der Waals surface area contributed by atoms with E-state index in [0.717, 1.165) is 0 Å². The predicted molar refractivity (Wildman–Crippen MR) is 103 cm³/mol. The highest BCUT2D eigenvalue weighted by molar-refractivity contribution is 6.06. The molecule has 5 heteroatoms. The minimum absolute atomic E-state index is 0.0807. The molecule has 5 nitrogen and oxygen atoms in total. The van der Waals surface area contributed by atoms with E-state index in [1.807, 2.05) is 50.2 Å². The Labute approximate surface area is 152 Å². The number of rotatable bonds is 5. The van der Waals surface area contributed by atoms with E-state index in [0.29, 0.717) is 40.9 Å². The Morgan fingerprint density at radius 2 is 1.73 bits per heavy atom. The number of fused-ring (bicyclic) bond motifs is 1. The number of amides is 1. The molecule has 0 bridgehead atoms. The average Bonchev–Trinajstić information content (AvgIpc) is 2.69. The number of hydrogen-bond acceptors (Lipinski definition) is 3. The lowest BCUT2D eigenvalue weighted by atomic mass is 10.1. The molecule has 1 aromatic heterocycles. The van der Waals surface area contributed by atoms with Gasteiger partial charge in [-0.25, -0.2) is 0 Å². The van der Waals surface area contributed by atoms with Crippen LogP contribution in [0.2, 0.25) is 0 Å². The van der Waals surface area contributed by atoms with E-state index in [1.54, 1.807) is 30.3 Å². The van der Waals surface area contributed by atoms with Crippen molar-refractivity contribution in [2.45, 2.75) is 13.8 Å². The second kappa shape index (κ2) is 7.44. The molecule has 0 unspecified atom stereocenters. The van der Waals surface area contributed by atoms with Crippen molar-refractivity contribution >= 4 is 16.7 Å². The summed E-state index contributed by atoms with van der Waals surface area (Å²) in [6.07, 6.45) is 1.64. The Hall–Kier alpha value is -3.08. The minimum atomic E-state index is -0.162. The van der Waals surface area contributed by atoms with E-state index >= 15 is 0 Å². The average molecular weight is 350 g/mol. The quantitative estimate of drug-likeness (QED) is 0.708. The van der Waals surface area contributed by atoms with Crippen molar-refractivity contribution in [3.8, 4) is 11.4 Å². The predicted octanol–water partition coefficient (Wildman–Crippen LogP) is 3.48. The monoisotopic (exact) mass is 350 g/mol. The third-order valence-corrected chi connectivity index (χ3v) is 4.54. The Bertz CT molecular complexity index is 1000. The van der Waals surface area contributed by atoms with Crippen LogP contribution in [0.25, 0.3) is 16.5 Å². The van der Waals surface area contributed by atoms with E-state index in [4.69, 9.17) is 4.74 Å². The van der Waals surface area contributed by atoms with Crippen LogP contribution in [0, 0.1) is 0 Å². The second-order valence-electron chi connectivity index (χ2n) is 5.94. The van der Waals surface area contributed by atoms with E-state index in [9.17, 15) is 9.59 Å². The fourth-order valence-electron chi connectivity index (χ4n) is 3.10. The van der Waals surface area contributed by atoms with Crippen LogP contribution in [0.15, 0.2) is 59.5 Å². The number of pyridine rings is 1. The molecule has 0 aliphatic rings. The number of ether oxygens (including phenoxy) is 1. The summed E-state index contributed by atoms with van der Waals surface area (Å²) in [4.78, 5) is 27.8. The van der Waals surface area contributed by atoms with E-state index in [1.165, 1.54) is 4.57 Å². The molecule has 0 aliphatic carbocycles. The zero-order valence-electron chi connectivity index (χ0n) is 15.2. The molecule has 0 fully saturated rings. The first-order valence-electron chi connectivity index (χ1n) is 8.68. The van der Waals surface area contributed by atoms with Crippen LogP contribution in [0.5, 0.6) is 5.75 Å². The molecule has 1 heterocycles. The molecule has 0 radical (unpaired) electrons. The smallest absolute Gasteiger partial charge is 0.262 e. The number of benzene rings is 2. The highest BCUT2D eigenvalue weighted by Crippen LogP contribution is 2.21. The number of hydrogen-bond donors (Lipinski definition) is 0. The van der Waals surface area contributed by atoms with Crippen LogP contribution in [0.1, 0.15) is 24.2 Å². The first-order valence-corrected chi connectivity index (χ1v) is 8.68. The molecule has 0 saturated heterocycles. The van der Waals surface area contributed by atoms with Gasteiger partial charge in [0.25, 0.3) is 11.5 Å². The highest BCUT2D eigenvalue weighted by Gasteiger charge is 2.19. The van der Waals surface area contributed by atoms with Gasteiger partial charge >= 0.3 is 0 Å². The van der Waals surface area contributed by atoms with Crippen LogP contribution >= 0.6 is 0 Å². The summed E-state index contributed by atoms with van der Waals surface area (Å²) >= 11 is 0. The van der Waals surface area contributed by atoms with Gasteiger partial charge < -0.3 is 9.64 Å². The van der Waals surface area contributed by atoms with E-state index in [2.05, 4.69) is 0 Å². The molecule has 3 rings (SSSR count). The maximum atomic E-state index is 13.0. The van der Waals surface area contributed by atoms with Crippen LogP contribution in [-0.4, -0.2) is 35.6 Å². The summed E-state index contributed by atoms with van der Waals surface area (Å²) in [5.74, 6) is 0.571. The summed E-state index contributed by atoms with van der Waals surface area (Å²) < 4.78 is 6.78. The standard InChI is InChI=1S/C21H22N2O3/c1-4-22(5-2)20(24)19-14-23(15-9-8-10-16(13-15)26-3)21(25)18-12-7-6-11-17(18)19/h6-14H,4-5H2,1-3H3. The maximum absolute atomic E-state index is 13.0. The Balaban J connectivity index is 2.30. The number of carbonyl (C=O) groups excluding carboxylic acids is 1. The van der Waals surface area contributed by atoms with Gasteiger partial charge in [0.1, 0.15) is 5.75 Å². The molecule has 1 amide bonds. The van der Waals surface area contributed by atoms with E-state index < -0.39 is 0 Å². The summed E-state index contributed by atoms with van der Waals surface area (Å²) in [6, 6.07) is 14.5. The van der Waals surface area contributed by atoms with E-state index in [-0.39, 0.29) is 11.5 Å². The summed E-state index contributed by atoms with van der Waals surface area (Å²) in [5, 5.41) is 1.20. The topological polar surface area (TPSA) is 51.5 Å². The zero-order valence-corrected chi connectivity index (χ0v) is 15.2. The first-order chi connectivity index (χ1) is 12.6. The largest absolute Gasteiger partial charge is 0.497 e. The van der Waals surface area contributed by atoms with Crippen molar-refractivity contribution in [2.24, 2.45) is 0 Å². The third kappa shape index (κ3) is 3.08. The van der Waals surface area contributed by atoms with Gasteiger partial charge in [-0.3, -0.25) is 14.2 Å². The molecule has 0 atom stereocenters. The molecular weight excluding hydrogens is 328 g/mol. The van der Waals surface area contributed by atoms with Crippen LogP contribution in [-0.2, 0) is 0 Å². The van der Waals surface area contributed by atoms with Gasteiger partial charge in [0.15, 0.2) is 0 Å². The van der Waals surface area contributed by atoms with Gasteiger partial charge in [-0.1, -0.05) is 24.3 Å². The molecule has 0 aliphatic heterocycles. The molecule has 26 heavy (non-hydrogen) atoms. The van der Waals surface area contributed by atoms with Crippen molar-refractivity contribution in [1.82, 2.24) is 9.47 Å². The molecule has 3 aromatic rings. The summed E-state index contributed by atoms with van der Waals surface area (Å²) in [5.41, 5.74) is 1.02. The van der Waals surface area contributed by atoms with Gasteiger partial charge in [0, 0.05) is 36.1 Å². The molecule has 0 saturated carbocycles. The van der Waals surface area contributed by atoms with Gasteiger partial charge in [0.2, 0.25) is 0 Å². The summed E-state index contributed by atoms with van der Waals surface area (Å²) in [6.45, 7) is 5.12. The SMILES string of the molecule is CCN(CC)C(=O)c1cn(-c2cccc(OC)c2)c(=O)c2ccccc12. The van der Waals surface area contributed by atoms with Gasteiger partial charge in [-0.15, -0.1) is 0 Å². The Morgan fingerprint density at radius 3 is 2.38 bits per heavy atom. The molecule has 2 aromatic carbocycles. The third-order valence-electron chi connectivity index (χ3n) is 4.54. The first kappa shape index (κ1) is 17.7. The molecular formula is C21H22N2O3. The lowest BCUT2D eigenvalue weighted by Gasteiger charge is -2.20. The van der Waals surface area contributed by atoms with Crippen molar-refractivity contribution in [2.75, 3.05) is 20.2 Å². The van der Waals surface area contributed by atoms with Crippen LogP contribution in [0.3, 0.4) is 0 Å². The van der Waals surface area contributed by atoms with Gasteiger partial charge in [0.05, 0.1) is 18.4 Å². The summed E-state index contributed by atoms with van der Waals surface area (Å²) in [7, 11) is 1.58. The number of methoxy groups -OCH3 is 1. The number of aromatic nitrogens is 1. The Morgan fingerprint density at radius 1 is 1.04 bits per heavy atom. The Kier molecular flexibility index (Phi) is 5.07. The maximum Gasteiger partial charge on any atom is 0.262 e. The molecule has 0 N–H and O–H groups in total. The van der Waals surface area contributed by atoms with Crippen molar-refractivity contribution < 1.29 is 9.53 Å². The lowest BCUT2D eigenvalue weighted by Crippen LogP contribution is -2.32. The minimum Gasteiger partial charge on any atom is -0.497 e. The van der Waals surface area contributed by atoms with Gasteiger partial charge in [-0.05, 0) is 32.0 Å². The zero-order chi connectivity index (χ0) is 18.7. The molecule has 134 valence electrons. The normalized spacial score (nSPS) is 10.7. The lowest BCUT2D eigenvalue weighted by molar-refractivity contribution is 0.0774. The molecule has 0 spiro atoms.